The van der Waals surface area contributed by atoms with Gasteiger partial charge in [-0.1, -0.05) is 6.92 Å². The number of aryl methyl sites for hydroxylation is 1. The molecule has 6 nitrogen and oxygen atoms in total. The second kappa shape index (κ2) is 9.78. The van der Waals surface area contributed by atoms with Gasteiger partial charge in [0.25, 0.3) is 5.91 Å². The van der Waals surface area contributed by atoms with Crippen molar-refractivity contribution in [3.63, 3.8) is 0 Å². The van der Waals surface area contributed by atoms with E-state index in [0.717, 1.165) is 18.6 Å². The molecular formula is C22H21F2N3O3. The van der Waals surface area contributed by atoms with E-state index in [0.29, 0.717) is 17.8 Å². The summed E-state index contributed by atoms with van der Waals surface area (Å²) >= 11 is 0. The molecule has 0 saturated heterocycles. The number of carbonyl (C=O) groups excluding carboxylic acids is 2. The standard InChI is InChI=1S/C22H21F2N3O3/c1-2-11-25-22(29)14-3-6-16(7-4-14)27-20(28)9-10-21-26-13-19(30-21)17-8-5-15(23)12-18(17)24/h3-8,12-13H,2,9-11H2,1H3,(H,25,29)(H,27,28). The third-order valence-electron chi connectivity index (χ3n) is 4.28. The molecule has 1 aromatic heterocycles. The van der Waals surface area contributed by atoms with E-state index in [9.17, 15) is 18.4 Å². The lowest BCUT2D eigenvalue weighted by molar-refractivity contribution is -0.116. The Labute approximate surface area is 172 Å². The SMILES string of the molecule is CCCNC(=O)c1ccc(NC(=O)CCc2ncc(-c3ccc(F)cc3F)o2)cc1. The molecule has 30 heavy (non-hydrogen) atoms. The molecule has 2 N–H and O–H groups in total. The fraction of sp³-hybridized carbons (Fsp3) is 0.227. The van der Waals surface area contributed by atoms with Gasteiger partial charge in [0.1, 0.15) is 11.6 Å². The number of halogens is 2. The smallest absolute Gasteiger partial charge is 0.251 e. The van der Waals surface area contributed by atoms with Crippen LogP contribution in [-0.2, 0) is 11.2 Å². The Morgan fingerprint density at radius 3 is 2.57 bits per heavy atom. The van der Waals surface area contributed by atoms with Crippen LogP contribution in [0.25, 0.3) is 11.3 Å². The van der Waals surface area contributed by atoms with Gasteiger partial charge in [-0.25, -0.2) is 13.8 Å². The lowest BCUT2D eigenvalue weighted by atomic mass is 10.2. The van der Waals surface area contributed by atoms with Crippen LogP contribution in [-0.4, -0.2) is 23.3 Å². The number of nitrogens with zero attached hydrogens (tertiary/aromatic N) is 1. The lowest BCUT2D eigenvalue weighted by Crippen LogP contribution is -2.23. The molecule has 0 atom stereocenters. The van der Waals surface area contributed by atoms with Crippen LogP contribution in [0.4, 0.5) is 14.5 Å². The van der Waals surface area contributed by atoms with Crippen LogP contribution in [0.15, 0.2) is 53.1 Å². The second-order valence-corrected chi connectivity index (χ2v) is 6.62. The summed E-state index contributed by atoms with van der Waals surface area (Å²) in [5.41, 5.74) is 1.18. The van der Waals surface area contributed by atoms with Gasteiger partial charge < -0.3 is 15.1 Å². The number of carbonyl (C=O) groups is 2. The minimum absolute atomic E-state index is 0.0997. The number of rotatable bonds is 8. The zero-order chi connectivity index (χ0) is 21.5. The largest absolute Gasteiger partial charge is 0.441 e. The summed E-state index contributed by atoms with van der Waals surface area (Å²) in [4.78, 5) is 28.1. The van der Waals surface area contributed by atoms with E-state index in [1.54, 1.807) is 24.3 Å². The van der Waals surface area contributed by atoms with E-state index in [2.05, 4.69) is 15.6 Å². The van der Waals surface area contributed by atoms with Gasteiger partial charge in [-0.3, -0.25) is 9.59 Å². The van der Waals surface area contributed by atoms with Gasteiger partial charge in [0, 0.05) is 36.7 Å². The van der Waals surface area contributed by atoms with Crippen molar-refractivity contribution >= 4 is 17.5 Å². The van der Waals surface area contributed by atoms with Crippen molar-refractivity contribution in [2.45, 2.75) is 26.2 Å². The predicted molar refractivity (Wildman–Crippen MR) is 108 cm³/mol. The van der Waals surface area contributed by atoms with Crippen molar-refractivity contribution in [3.8, 4) is 11.3 Å². The number of benzene rings is 2. The number of nitrogens with one attached hydrogen (secondary N) is 2. The van der Waals surface area contributed by atoms with Crippen molar-refractivity contribution in [1.29, 1.82) is 0 Å². The fourth-order valence-corrected chi connectivity index (χ4v) is 2.73. The first-order valence-electron chi connectivity index (χ1n) is 9.54. The summed E-state index contributed by atoms with van der Waals surface area (Å²) in [6, 6.07) is 9.75. The van der Waals surface area contributed by atoms with Crippen LogP contribution in [0.5, 0.6) is 0 Å². The van der Waals surface area contributed by atoms with Crippen molar-refractivity contribution in [1.82, 2.24) is 10.3 Å². The van der Waals surface area contributed by atoms with Gasteiger partial charge in [-0.15, -0.1) is 0 Å². The Morgan fingerprint density at radius 1 is 1.10 bits per heavy atom. The number of aromatic nitrogens is 1. The molecule has 0 spiro atoms. The highest BCUT2D eigenvalue weighted by Gasteiger charge is 2.13. The van der Waals surface area contributed by atoms with E-state index in [1.807, 2.05) is 6.92 Å². The predicted octanol–water partition coefficient (Wildman–Crippen LogP) is 4.33. The summed E-state index contributed by atoms with van der Waals surface area (Å²) in [7, 11) is 0. The number of hydrogen-bond acceptors (Lipinski definition) is 4. The summed E-state index contributed by atoms with van der Waals surface area (Å²) in [6.07, 6.45) is 2.51. The summed E-state index contributed by atoms with van der Waals surface area (Å²) in [6.45, 7) is 2.58. The first-order valence-corrected chi connectivity index (χ1v) is 9.54. The van der Waals surface area contributed by atoms with Crippen molar-refractivity contribution in [2.75, 3.05) is 11.9 Å². The molecule has 0 radical (unpaired) electrons. The van der Waals surface area contributed by atoms with Gasteiger partial charge >= 0.3 is 0 Å². The maximum Gasteiger partial charge on any atom is 0.251 e. The van der Waals surface area contributed by atoms with E-state index < -0.39 is 11.6 Å². The van der Waals surface area contributed by atoms with Crippen LogP contribution in [0.3, 0.4) is 0 Å². The second-order valence-electron chi connectivity index (χ2n) is 6.62. The van der Waals surface area contributed by atoms with Gasteiger partial charge in [-0.05, 0) is 42.8 Å². The zero-order valence-electron chi connectivity index (χ0n) is 16.4. The summed E-state index contributed by atoms with van der Waals surface area (Å²) < 4.78 is 32.3. The van der Waals surface area contributed by atoms with E-state index in [-0.39, 0.29) is 41.9 Å². The third-order valence-corrected chi connectivity index (χ3v) is 4.28. The maximum absolute atomic E-state index is 13.8. The first-order chi connectivity index (χ1) is 14.5. The Bertz CT molecular complexity index is 1030. The molecule has 0 bridgehead atoms. The highest BCUT2D eigenvalue weighted by atomic mass is 19.1. The lowest BCUT2D eigenvalue weighted by Gasteiger charge is -2.07. The molecule has 8 heteroatoms. The summed E-state index contributed by atoms with van der Waals surface area (Å²) in [5.74, 6) is -1.41. The van der Waals surface area contributed by atoms with Crippen molar-refractivity contribution in [2.24, 2.45) is 0 Å². The van der Waals surface area contributed by atoms with Crippen LogP contribution >= 0.6 is 0 Å². The zero-order valence-corrected chi connectivity index (χ0v) is 16.4. The van der Waals surface area contributed by atoms with Gasteiger partial charge in [0.05, 0.1) is 11.8 Å². The minimum Gasteiger partial charge on any atom is -0.441 e. The molecule has 0 saturated carbocycles. The first kappa shape index (κ1) is 21.2. The monoisotopic (exact) mass is 413 g/mol. The number of oxazole rings is 1. The number of hydrogen-bond donors (Lipinski definition) is 2. The molecule has 2 aromatic carbocycles. The Kier molecular flexibility index (Phi) is 6.90. The maximum atomic E-state index is 13.8. The van der Waals surface area contributed by atoms with Gasteiger partial charge in [-0.2, -0.15) is 0 Å². The summed E-state index contributed by atoms with van der Waals surface area (Å²) in [5, 5.41) is 5.52. The van der Waals surface area contributed by atoms with Gasteiger partial charge in [0.2, 0.25) is 5.91 Å². The van der Waals surface area contributed by atoms with E-state index in [1.165, 1.54) is 12.3 Å². The number of amides is 2. The van der Waals surface area contributed by atoms with Crippen LogP contribution in [0, 0.1) is 11.6 Å². The molecule has 1 heterocycles. The average molecular weight is 413 g/mol. The molecule has 0 aliphatic rings. The molecular weight excluding hydrogens is 392 g/mol. The molecule has 0 fully saturated rings. The highest BCUT2D eigenvalue weighted by molar-refractivity contribution is 5.95. The van der Waals surface area contributed by atoms with E-state index >= 15 is 0 Å². The molecule has 0 aliphatic carbocycles. The van der Waals surface area contributed by atoms with E-state index in [4.69, 9.17) is 4.42 Å². The van der Waals surface area contributed by atoms with Gasteiger partial charge in [0.15, 0.2) is 11.7 Å². The molecule has 0 unspecified atom stereocenters. The Balaban J connectivity index is 1.52. The topological polar surface area (TPSA) is 84.2 Å². The molecule has 3 aromatic rings. The van der Waals surface area contributed by atoms with Crippen molar-refractivity contribution < 1.29 is 22.8 Å². The molecule has 0 aliphatic heterocycles. The molecule has 2 amide bonds. The molecule has 156 valence electrons. The molecule has 3 rings (SSSR count). The number of anilines is 1. The third kappa shape index (κ3) is 5.50. The normalized spacial score (nSPS) is 10.6. The van der Waals surface area contributed by atoms with Crippen LogP contribution in [0.2, 0.25) is 0 Å². The Morgan fingerprint density at radius 2 is 1.87 bits per heavy atom. The van der Waals surface area contributed by atoms with Crippen LogP contribution < -0.4 is 10.6 Å². The fourth-order valence-electron chi connectivity index (χ4n) is 2.73. The Hall–Kier alpha value is -3.55. The highest BCUT2D eigenvalue weighted by Crippen LogP contribution is 2.24. The van der Waals surface area contributed by atoms with Crippen molar-refractivity contribution in [3.05, 3.63) is 71.8 Å². The minimum atomic E-state index is -0.748. The quantitative estimate of drug-likeness (QED) is 0.576. The van der Waals surface area contributed by atoms with Crippen LogP contribution in [0.1, 0.15) is 36.0 Å². The average Bonchev–Trinajstić information content (AvgIpc) is 3.20.